The molecule has 3 heterocycles. The van der Waals surface area contributed by atoms with Crippen molar-refractivity contribution in [3.05, 3.63) is 76.9 Å². The van der Waals surface area contributed by atoms with Gasteiger partial charge in [-0.3, -0.25) is 4.79 Å². The fourth-order valence-corrected chi connectivity index (χ4v) is 4.43. The van der Waals surface area contributed by atoms with E-state index in [1.807, 2.05) is 35.2 Å². The van der Waals surface area contributed by atoms with E-state index >= 15 is 0 Å². The van der Waals surface area contributed by atoms with Crippen molar-refractivity contribution in [3.8, 4) is 17.3 Å². The van der Waals surface area contributed by atoms with E-state index in [-0.39, 0.29) is 11.9 Å². The second-order valence-electron chi connectivity index (χ2n) is 8.24. The number of carbonyl (C=O) groups is 1. The zero-order valence-electron chi connectivity index (χ0n) is 18.3. The molecule has 0 bridgehead atoms. The predicted octanol–water partition coefficient (Wildman–Crippen LogP) is 3.43. The number of hydrogen-bond acceptors (Lipinski definition) is 5. The van der Waals surface area contributed by atoms with Crippen molar-refractivity contribution in [1.29, 1.82) is 5.26 Å². The molecule has 0 spiro atoms. The fourth-order valence-electron chi connectivity index (χ4n) is 4.20. The topological polar surface area (TPSA) is 86.3 Å². The third-order valence-electron chi connectivity index (χ3n) is 6.04. The van der Waals surface area contributed by atoms with Crippen molar-refractivity contribution in [2.45, 2.75) is 18.9 Å². The van der Waals surface area contributed by atoms with E-state index in [9.17, 15) is 4.79 Å². The molecule has 34 heavy (non-hydrogen) atoms. The maximum absolute atomic E-state index is 12.8. The summed E-state index contributed by atoms with van der Waals surface area (Å²) in [6.45, 7) is 1.26. The number of halogens is 1. The third-order valence-corrected chi connectivity index (χ3v) is 6.37. The molecule has 5 rings (SSSR count). The van der Waals surface area contributed by atoms with Crippen LogP contribution in [0.25, 0.3) is 16.9 Å². The Hall–Kier alpha value is -3.83. The zero-order valence-corrected chi connectivity index (χ0v) is 19.0. The summed E-state index contributed by atoms with van der Waals surface area (Å²) in [5, 5.41) is 17.5. The van der Waals surface area contributed by atoms with Crippen molar-refractivity contribution in [2.75, 3.05) is 18.4 Å². The molecule has 1 saturated heterocycles. The zero-order chi connectivity index (χ0) is 23.7. The highest BCUT2D eigenvalue weighted by molar-refractivity contribution is 6.36. The number of nitrogens with one attached hydrogen (secondary N) is 1. The number of nitrogens with zero attached hydrogens (tertiary/aromatic N) is 5. The van der Waals surface area contributed by atoms with Crippen molar-refractivity contribution >= 4 is 42.3 Å². The average molecular weight is 467 g/mol. The summed E-state index contributed by atoms with van der Waals surface area (Å²) in [5.41, 5.74) is 3.71. The molecule has 0 atom stereocenters. The first-order chi connectivity index (χ1) is 16.5. The van der Waals surface area contributed by atoms with Gasteiger partial charge in [-0.25, -0.2) is 4.98 Å². The van der Waals surface area contributed by atoms with E-state index in [2.05, 4.69) is 21.5 Å². The SMILES string of the molecule is [B]c1cnn2c(NC3CCN(C(=O)c4ccc(C#N)cc4)CC3)cc(-c3ccccc3Cl)nc12. The van der Waals surface area contributed by atoms with Crippen LogP contribution in [-0.4, -0.2) is 52.4 Å². The molecule has 7 nitrogen and oxygen atoms in total. The van der Waals surface area contributed by atoms with Gasteiger partial charge in [-0.15, -0.1) is 0 Å². The molecular weight excluding hydrogens is 447 g/mol. The largest absolute Gasteiger partial charge is 0.367 e. The Morgan fingerprint density at radius 2 is 1.88 bits per heavy atom. The number of nitriles is 1. The molecule has 9 heteroatoms. The van der Waals surface area contributed by atoms with Crippen LogP contribution in [0.1, 0.15) is 28.8 Å². The van der Waals surface area contributed by atoms with E-state index in [1.54, 1.807) is 35.0 Å². The van der Waals surface area contributed by atoms with Gasteiger partial charge in [0.15, 0.2) is 5.65 Å². The minimum atomic E-state index is -0.0184. The fraction of sp³-hybridized carbons (Fsp3) is 0.200. The summed E-state index contributed by atoms with van der Waals surface area (Å²) >= 11 is 6.41. The summed E-state index contributed by atoms with van der Waals surface area (Å²) in [5.74, 6) is 0.753. The lowest BCUT2D eigenvalue weighted by Crippen LogP contribution is -2.42. The molecule has 1 aliphatic heterocycles. The number of rotatable bonds is 4. The number of fused-ring (bicyclic) bond motifs is 1. The molecule has 4 aromatic rings. The molecule has 1 fully saturated rings. The molecule has 1 aliphatic rings. The molecule has 1 N–H and O–H groups in total. The first kappa shape index (κ1) is 22.0. The van der Waals surface area contributed by atoms with Gasteiger partial charge in [0.2, 0.25) is 0 Å². The minimum Gasteiger partial charge on any atom is -0.367 e. The van der Waals surface area contributed by atoms with Gasteiger partial charge in [-0.05, 0) is 48.6 Å². The number of amides is 1. The maximum Gasteiger partial charge on any atom is 0.253 e. The Labute approximate surface area is 203 Å². The molecular formula is C25H20BClN6O. The Balaban J connectivity index is 1.34. The molecule has 166 valence electrons. The molecule has 1 amide bonds. The normalized spacial score (nSPS) is 14.2. The van der Waals surface area contributed by atoms with Gasteiger partial charge >= 0.3 is 0 Å². The van der Waals surface area contributed by atoms with E-state index in [1.165, 1.54) is 0 Å². The Morgan fingerprint density at radius 1 is 1.15 bits per heavy atom. The van der Waals surface area contributed by atoms with Crippen LogP contribution in [-0.2, 0) is 0 Å². The molecule has 2 aromatic carbocycles. The van der Waals surface area contributed by atoms with Gasteiger partial charge in [-0.1, -0.05) is 29.8 Å². The lowest BCUT2D eigenvalue weighted by Gasteiger charge is -2.33. The van der Waals surface area contributed by atoms with Gasteiger partial charge in [0, 0.05) is 47.5 Å². The van der Waals surface area contributed by atoms with E-state index in [0.29, 0.717) is 46.0 Å². The van der Waals surface area contributed by atoms with E-state index in [0.717, 1.165) is 24.2 Å². The molecule has 2 aromatic heterocycles. The second kappa shape index (κ2) is 9.20. The quantitative estimate of drug-likeness (QED) is 0.466. The second-order valence-corrected chi connectivity index (χ2v) is 8.65. The monoisotopic (exact) mass is 466 g/mol. The van der Waals surface area contributed by atoms with Crippen LogP contribution < -0.4 is 10.8 Å². The molecule has 0 unspecified atom stereocenters. The molecule has 2 radical (unpaired) electrons. The first-order valence-electron chi connectivity index (χ1n) is 11.0. The average Bonchev–Trinajstić information content (AvgIpc) is 3.25. The standard InChI is InChI=1S/C25H20BClN6O/c26-20-15-29-33-23(13-22(31-24(20)33)19-3-1-2-4-21(19)27)30-18-9-11-32(12-10-18)25(34)17-7-5-16(14-28)6-8-17/h1-8,13,15,18,30H,9-12H2. The van der Waals surface area contributed by atoms with Gasteiger partial charge in [-0.2, -0.15) is 14.9 Å². The predicted molar refractivity (Wildman–Crippen MR) is 133 cm³/mol. The van der Waals surface area contributed by atoms with E-state index < -0.39 is 0 Å². The number of likely N-dealkylation sites (tertiary alicyclic amines) is 1. The van der Waals surface area contributed by atoms with Gasteiger partial charge in [0.1, 0.15) is 13.7 Å². The Bertz CT molecular complexity index is 1400. The van der Waals surface area contributed by atoms with Crippen LogP contribution in [0.5, 0.6) is 0 Å². The van der Waals surface area contributed by atoms with Crippen LogP contribution in [0.15, 0.2) is 60.8 Å². The van der Waals surface area contributed by atoms with Crippen molar-refractivity contribution < 1.29 is 4.79 Å². The van der Waals surface area contributed by atoms with Crippen LogP contribution in [0.4, 0.5) is 5.82 Å². The van der Waals surface area contributed by atoms with Gasteiger partial charge < -0.3 is 10.2 Å². The van der Waals surface area contributed by atoms with Crippen LogP contribution in [0.3, 0.4) is 0 Å². The van der Waals surface area contributed by atoms with Crippen LogP contribution >= 0.6 is 11.6 Å². The van der Waals surface area contributed by atoms with Crippen molar-refractivity contribution in [2.24, 2.45) is 0 Å². The maximum atomic E-state index is 12.8. The Kier molecular flexibility index (Phi) is 5.95. The molecule has 0 aliphatic carbocycles. The number of carbonyl (C=O) groups excluding carboxylic acids is 1. The number of benzene rings is 2. The number of anilines is 1. The van der Waals surface area contributed by atoms with Crippen LogP contribution in [0, 0.1) is 11.3 Å². The lowest BCUT2D eigenvalue weighted by molar-refractivity contribution is 0.0718. The highest BCUT2D eigenvalue weighted by atomic mass is 35.5. The van der Waals surface area contributed by atoms with Crippen molar-refractivity contribution in [3.63, 3.8) is 0 Å². The lowest BCUT2D eigenvalue weighted by atomic mass is 10.0. The smallest absolute Gasteiger partial charge is 0.253 e. The Morgan fingerprint density at radius 3 is 2.59 bits per heavy atom. The number of hydrogen-bond donors (Lipinski definition) is 1. The summed E-state index contributed by atoms with van der Waals surface area (Å²) in [6, 6.07) is 18.4. The number of aromatic nitrogens is 3. The van der Waals surface area contributed by atoms with Gasteiger partial charge in [0.25, 0.3) is 5.91 Å². The van der Waals surface area contributed by atoms with E-state index in [4.69, 9.17) is 24.7 Å². The highest BCUT2D eigenvalue weighted by Crippen LogP contribution is 2.29. The molecule has 0 saturated carbocycles. The third kappa shape index (κ3) is 4.23. The minimum absolute atomic E-state index is 0.0184. The summed E-state index contributed by atoms with van der Waals surface area (Å²) in [4.78, 5) is 19.4. The number of piperidine rings is 1. The van der Waals surface area contributed by atoms with Gasteiger partial charge in [0.05, 0.1) is 17.3 Å². The highest BCUT2D eigenvalue weighted by Gasteiger charge is 2.24. The van der Waals surface area contributed by atoms with Crippen LogP contribution in [0.2, 0.25) is 5.02 Å². The summed E-state index contributed by atoms with van der Waals surface area (Å²) < 4.78 is 1.70. The summed E-state index contributed by atoms with van der Waals surface area (Å²) in [6.07, 6.45) is 3.15. The first-order valence-corrected chi connectivity index (χ1v) is 11.4. The van der Waals surface area contributed by atoms with Crippen molar-refractivity contribution in [1.82, 2.24) is 19.5 Å². The summed E-state index contributed by atoms with van der Waals surface area (Å²) in [7, 11) is 6.12.